The van der Waals surface area contributed by atoms with Gasteiger partial charge in [-0.3, -0.25) is 0 Å². The molecule has 1 N–H and O–H groups in total. The normalized spacial score (nSPS) is 11.9. The lowest BCUT2D eigenvalue weighted by Crippen LogP contribution is -2.23. The highest BCUT2D eigenvalue weighted by Gasteiger charge is 2.14. The van der Waals surface area contributed by atoms with Crippen molar-refractivity contribution in [3.05, 3.63) is 75.7 Å². The van der Waals surface area contributed by atoms with Crippen LogP contribution in [0.5, 0.6) is 0 Å². The molecule has 7 heteroatoms. The van der Waals surface area contributed by atoms with E-state index in [0.717, 1.165) is 16.1 Å². The zero-order valence-electron chi connectivity index (χ0n) is 13.6. The average molecular weight is 371 g/mol. The minimum atomic E-state index is -3.55. The van der Waals surface area contributed by atoms with Crippen LogP contribution in [0.15, 0.2) is 59.5 Å². The number of aryl methyl sites for hydroxylation is 1. The van der Waals surface area contributed by atoms with Crippen LogP contribution < -0.4 is 4.72 Å². The molecule has 3 aromatic rings. The lowest BCUT2D eigenvalue weighted by molar-refractivity contribution is 0.581. The van der Waals surface area contributed by atoms with Gasteiger partial charge in [-0.1, -0.05) is 65.4 Å². The fourth-order valence-corrected chi connectivity index (χ4v) is 3.86. The molecule has 5 nitrogen and oxygen atoms in total. The van der Waals surface area contributed by atoms with E-state index in [4.69, 9.17) is 0 Å². The van der Waals surface area contributed by atoms with E-state index in [1.54, 1.807) is 24.3 Å². The Bertz CT molecular complexity index is 963. The van der Waals surface area contributed by atoms with Crippen molar-refractivity contribution in [1.82, 2.24) is 14.9 Å². The van der Waals surface area contributed by atoms with Gasteiger partial charge in [0.1, 0.15) is 10.0 Å². The third kappa shape index (κ3) is 4.82. The first-order chi connectivity index (χ1) is 12.0. The van der Waals surface area contributed by atoms with Gasteiger partial charge in [-0.15, -0.1) is 10.2 Å². The molecule has 0 fully saturated rings. The van der Waals surface area contributed by atoms with Crippen LogP contribution in [0, 0.1) is 6.92 Å². The van der Waals surface area contributed by atoms with Crippen LogP contribution in [0.1, 0.15) is 21.1 Å². The second kappa shape index (κ2) is 7.69. The molecule has 0 aliphatic rings. The first-order valence-corrected chi connectivity index (χ1v) is 9.95. The minimum Gasteiger partial charge on any atom is -0.207 e. The van der Waals surface area contributed by atoms with Gasteiger partial charge >= 0.3 is 0 Å². The first-order valence-electron chi connectivity index (χ1n) is 7.65. The van der Waals surface area contributed by atoms with Crippen LogP contribution in [0.4, 0.5) is 0 Å². The van der Waals surface area contributed by atoms with Crippen LogP contribution in [-0.4, -0.2) is 18.6 Å². The fraction of sp³-hybridized carbons (Fsp3) is 0.111. The van der Waals surface area contributed by atoms with Crippen LogP contribution in [0.25, 0.3) is 12.2 Å². The molecule has 0 unspecified atom stereocenters. The Morgan fingerprint density at radius 3 is 2.44 bits per heavy atom. The van der Waals surface area contributed by atoms with Crippen molar-refractivity contribution in [2.75, 3.05) is 0 Å². The Labute approximate surface area is 151 Å². The SMILES string of the molecule is Cc1ccc(S(=O)(=O)NCc2nnc(/C=C/c3ccccc3)s2)cc1. The maximum absolute atomic E-state index is 12.3. The van der Waals surface area contributed by atoms with Crippen molar-refractivity contribution in [2.45, 2.75) is 18.4 Å². The predicted octanol–water partition coefficient (Wildman–Crippen LogP) is 3.50. The maximum atomic E-state index is 12.3. The molecular formula is C18H17N3O2S2. The highest BCUT2D eigenvalue weighted by atomic mass is 32.2. The third-order valence-corrected chi connectivity index (χ3v) is 5.75. The van der Waals surface area contributed by atoms with Gasteiger partial charge in [-0.2, -0.15) is 0 Å². The second-order valence-electron chi connectivity index (χ2n) is 5.42. The second-order valence-corrected chi connectivity index (χ2v) is 8.28. The predicted molar refractivity (Wildman–Crippen MR) is 100 cm³/mol. The summed E-state index contributed by atoms with van der Waals surface area (Å²) in [5, 5.41) is 9.44. The first kappa shape index (κ1) is 17.5. The molecule has 25 heavy (non-hydrogen) atoms. The minimum absolute atomic E-state index is 0.118. The Morgan fingerprint density at radius 2 is 1.72 bits per heavy atom. The summed E-state index contributed by atoms with van der Waals surface area (Å²) in [7, 11) is -3.55. The summed E-state index contributed by atoms with van der Waals surface area (Å²) in [5.41, 5.74) is 2.08. The molecule has 3 rings (SSSR count). The van der Waals surface area contributed by atoms with Gasteiger partial charge in [0.15, 0.2) is 0 Å². The van der Waals surface area contributed by atoms with Crippen molar-refractivity contribution in [1.29, 1.82) is 0 Å². The molecule has 0 aliphatic carbocycles. The van der Waals surface area contributed by atoms with Crippen LogP contribution >= 0.6 is 11.3 Å². The summed E-state index contributed by atoms with van der Waals surface area (Å²) < 4.78 is 27.1. The number of nitrogens with one attached hydrogen (secondary N) is 1. The molecule has 0 amide bonds. The fourth-order valence-electron chi connectivity index (χ4n) is 2.09. The zero-order chi connectivity index (χ0) is 17.7. The number of sulfonamides is 1. The summed E-state index contributed by atoms with van der Waals surface area (Å²) in [5.74, 6) is 0. The van der Waals surface area contributed by atoms with Crippen molar-refractivity contribution in [2.24, 2.45) is 0 Å². The molecule has 0 radical (unpaired) electrons. The highest BCUT2D eigenvalue weighted by Crippen LogP contribution is 2.15. The summed E-state index contributed by atoms with van der Waals surface area (Å²) in [6.07, 6.45) is 3.81. The van der Waals surface area contributed by atoms with E-state index in [2.05, 4.69) is 14.9 Å². The van der Waals surface area contributed by atoms with Crippen molar-refractivity contribution in [3.8, 4) is 0 Å². The number of rotatable bonds is 6. The Kier molecular flexibility index (Phi) is 5.37. The average Bonchev–Trinajstić information content (AvgIpc) is 3.08. The van der Waals surface area contributed by atoms with Gasteiger partial charge < -0.3 is 0 Å². The monoisotopic (exact) mass is 371 g/mol. The number of benzene rings is 2. The molecule has 0 spiro atoms. The van der Waals surface area contributed by atoms with E-state index in [0.29, 0.717) is 5.01 Å². The number of hydrogen-bond acceptors (Lipinski definition) is 5. The molecule has 0 saturated carbocycles. The van der Waals surface area contributed by atoms with E-state index < -0.39 is 10.0 Å². The number of nitrogens with zero attached hydrogens (tertiary/aromatic N) is 2. The van der Waals surface area contributed by atoms with Crippen LogP contribution in [-0.2, 0) is 16.6 Å². The third-order valence-electron chi connectivity index (χ3n) is 3.45. The van der Waals surface area contributed by atoms with Crippen molar-refractivity contribution < 1.29 is 8.42 Å². The van der Waals surface area contributed by atoms with Gasteiger partial charge in [0, 0.05) is 0 Å². The van der Waals surface area contributed by atoms with Crippen LogP contribution in [0.3, 0.4) is 0 Å². The van der Waals surface area contributed by atoms with E-state index in [1.807, 2.05) is 49.4 Å². The topological polar surface area (TPSA) is 72.0 Å². The molecule has 1 heterocycles. The Morgan fingerprint density at radius 1 is 1.00 bits per heavy atom. The zero-order valence-corrected chi connectivity index (χ0v) is 15.2. The highest BCUT2D eigenvalue weighted by molar-refractivity contribution is 7.89. The van der Waals surface area contributed by atoms with Gasteiger partial charge in [0.2, 0.25) is 10.0 Å². The quantitative estimate of drug-likeness (QED) is 0.720. The molecule has 0 bridgehead atoms. The molecule has 0 saturated heterocycles. The Balaban J connectivity index is 1.63. The van der Waals surface area contributed by atoms with Crippen molar-refractivity contribution >= 4 is 33.5 Å². The van der Waals surface area contributed by atoms with E-state index >= 15 is 0 Å². The standard InChI is InChI=1S/C18H17N3O2S2/c1-14-7-10-16(11-8-14)25(22,23)19-13-18-21-20-17(24-18)12-9-15-5-3-2-4-6-15/h2-12,19H,13H2,1H3/b12-9+. The number of hydrogen-bond donors (Lipinski definition) is 1. The lowest BCUT2D eigenvalue weighted by atomic mass is 10.2. The molecule has 0 aliphatic heterocycles. The summed E-state index contributed by atoms with van der Waals surface area (Å²) in [6, 6.07) is 16.6. The van der Waals surface area contributed by atoms with E-state index in [1.165, 1.54) is 11.3 Å². The lowest BCUT2D eigenvalue weighted by Gasteiger charge is -2.05. The summed E-state index contributed by atoms with van der Waals surface area (Å²) >= 11 is 1.35. The molecular weight excluding hydrogens is 354 g/mol. The van der Waals surface area contributed by atoms with Crippen LogP contribution in [0.2, 0.25) is 0 Å². The largest absolute Gasteiger partial charge is 0.240 e. The molecule has 0 atom stereocenters. The van der Waals surface area contributed by atoms with Gasteiger partial charge in [0.05, 0.1) is 11.4 Å². The van der Waals surface area contributed by atoms with Crippen molar-refractivity contribution in [3.63, 3.8) is 0 Å². The number of aromatic nitrogens is 2. The molecule has 1 aromatic heterocycles. The summed E-state index contributed by atoms with van der Waals surface area (Å²) in [4.78, 5) is 0.242. The van der Waals surface area contributed by atoms with E-state index in [9.17, 15) is 8.42 Å². The van der Waals surface area contributed by atoms with Gasteiger partial charge in [-0.25, -0.2) is 13.1 Å². The Hall–Kier alpha value is -2.35. The van der Waals surface area contributed by atoms with E-state index in [-0.39, 0.29) is 11.4 Å². The van der Waals surface area contributed by atoms with Gasteiger partial charge in [0.25, 0.3) is 0 Å². The van der Waals surface area contributed by atoms with Gasteiger partial charge in [-0.05, 0) is 30.7 Å². The smallest absolute Gasteiger partial charge is 0.207 e. The molecule has 128 valence electrons. The summed E-state index contributed by atoms with van der Waals surface area (Å²) in [6.45, 7) is 2.03. The maximum Gasteiger partial charge on any atom is 0.240 e. The molecule has 2 aromatic carbocycles.